The predicted molar refractivity (Wildman–Crippen MR) is 75.5 cm³/mol. The molecule has 10 heteroatoms. The van der Waals surface area contributed by atoms with Crippen LogP contribution in [0.5, 0.6) is 0 Å². The number of anilines is 1. The van der Waals surface area contributed by atoms with Crippen molar-refractivity contribution in [2.24, 2.45) is 5.73 Å². The molecule has 0 spiro atoms. The molecule has 0 aliphatic carbocycles. The highest BCUT2D eigenvalue weighted by atomic mass is 19.4. The molecule has 0 aromatic carbocycles. The van der Waals surface area contributed by atoms with Crippen molar-refractivity contribution in [3.05, 3.63) is 18.0 Å². The number of aromatic nitrogens is 2. The van der Waals surface area contributed by atoms with Crippen LogP contribution in [0.25, 0.3) is 0 Å². The van der Waals surface area contributed by atoms with Crippen LogP contribution in [0.4, 0.5) is 19.1 Å². The molecule has 1 saturated heterocycles. The summed E-state index contributed by atoms with van der Waals surface area (Å²) in [6.07, 6.45) is -2.76. The standard InChI is InChI=1S/C13H18F3N5O2/c14-13(15,16)10-3-4-19-12(21-10)20-6-5-18-11(22)9-2-1-8(7-17)23-9/h3-4,8-9H,1-2,5-7,17H2,(H,18,22)(H,19,20,21)/t8-,9+/m1/s1. The topological polar surface area (TPSA) is 102 Å². The van der Waals surface area contributed by atoms with E-state index in [4.69, 9.17) is 10.5 Å². The maximum Gasteiger partial charge on any atom is 0.433 e. The van der Waals surface area contributed by atoms with Crippen molar-refractivity contribution in [3.8, 4) is 0 Å². The van der Waals surface area contributed by atoms with Crippen molar-refractivity contribution in [2.75, 3.05) is 25.0 Å². The van der Waals surface area contributed by atoms with Gasteiger partial charge in [0.15, 0.2) is 0 Å². The fraction of sp³-hybridized carbons (Fsp3) is 0.615. The molecule has 0 saturated carbocycles. The van der Waals surface area contributed by atoms with Crippen molar-refractivity contribution in [1.82, 2.24) is 15.3 Å². The molecule has 0 bridgehead atoms. The molecule has 128 valence electrons. The summed E-state index contributed by atoms with van der Waals surface area (Å²) in [4.78, 5) is 18.9. The van der Waals surface area contributed by atoms with E-state index in [-0.39, 0.29) is 31.0 Å². The molecule has 1 aromatic rings. The van der Waals surface area contributed by atoms with E-state index in [1.165, 1.54) is 0 Å². The summed E-state index contributed by atoms with van der Waals surface area (Å²) in [5.41, 5.74) is 4.44. The molecule has 23 heavy (non-hydrogen) atoms. The molecule has 2 atom stereocenters. The Hall–Kier alpha value is -1.94. The van der Waals surface area contributed by atoms with Gasteiger partial charge in [-0.1, -0.05) is 0 Å². The lowest BCUT2D eigenvalue weighted by atomic mass is 10.2. The average molecular weight is 333 g/mol. The van der Waals surface area contributed by atoms with Crippen LogP contribution in [-0.2, 0) is 15.7 Å². The average Bonchev–Trinajstić information content (AvgIpc) is 3.00. The largest absolute Gasteiger partial charge is 0.433 e. The molecule has 0 unspecified atom stereocenters. The van der Waals surface area contributed by atoms with Crippen LogP contribution in [0.2, 0.25) is 0 Å². The SMILES string of the molecule is NC[C@H]1CC[C@@H](C(=O)NCCNc2nccc(C(F)(F)F)n2)O1. The van der Waals surface area contributed by atoms with E-state index in [1.54, 1.807) is 0 Å². The number of amides is 1. The summed E-state index contributed by atoms with van der Waals surface area (Å²) in [6, 6.07) is 0.790. The third-order valence-electron chi connectivity index (χ3n) is 3.32. The van der Waals surface area contributed by atoms with Crippen LogP contribution < -0.4 is 16.4 Å². The van der Waals surface area contributed by atoms with Gasteiger partial charge >= 0.3 is 6.18 Å². The Morgan fingerprint density at radius 1 is 1.39 bits per heavy atom. The van der Waals surface area contributed by atoms with Gasteiger partial charge in [0.05, 0.1) is 6.10 Å². The fourth-order valence-corrected chi connectivity index (χ4v) is 2.15. The molecular formula is C13H18F3N5O2. The Kier molecular flexibility index (Phi) is 5.72. The Bertz CT molecular complexity index is 541. The molecule has 1 aliphatic rings. The number of nitrogens with one attached hydrogen (secondary N) is 2. The minimum absolute atomic E-state index is 0.0950. The van der Waals surface area contributed by atoms with Gasteiger partial charge in [0.25, 0.3) is 0 Å². The minimum atomic E-state index is -4.52. The molecule has 2 rings (SSSR count). The van der Waals surface area contributed by atoms with E-state index in [0.717, 1.165) is 18.7 Å². The van der Waals surface area contributed by atoms with Crippen molar-refractivity contribution >= 4 is 11.9 Å². The summed E-state index contributed by atoms with van der Waals surface area (Å²) < 4.78 is 42.9. The molecular weight excluding hydrogens is 315 g/mol. The first-order valence-corrected chi connectivity index (χ1v) is 7.17. The molecule has 0 radical (unpaired) electrons. The Morgan fingerprint density at radius 2 is 2.17 bits per heavy atom. The summed E-state index contributed by atoms with van der Waals surface area (Å²) in [5.74, 6) is -0.401. The van der Waals surface area contributed by atoms with E-state index in [0.29, 0.717) is 13.0 Å². The smallest absolute Gasteiger partial charge is 0.364 e. The lowest BCUT2D eigenvalue weighted by molar-refractivity contribution is -0.141. The quantitative estimate of drug-likeness (QED) is 0.657. The number of hydrogen-bond donors (Lipinski definition) is 3. The molecule has 1 amide bonds. The number of ether oxygens (including phenoxy) is 1. The Morgan fingerprint density at radius 3 is 2.83 bits per heavy atom. The first-order chi connectivity index (χ1) is 10.9. The van der Waals surface area contributed by atoms with Crippen LogP contribution in [0.15, 0.2) is 12.3 Å². The van der Waals surface area contributed by atoms with Gasteiger partial charge < -0.3 is 21.1 Å². The molecule has 1 aliphatic heterocycles. The Labute approximate surface area is 130 Å². The maximum atomic E-state index is 12.5. The van der Waals surface area contributed by atoms with Gasteiger partial charge in [-0.25, -0.2) is 9.97 Å². The number of carbonyl (C=O) groups is 1. The first kappa shape index (κ1) is 17.4. The zero-order valence-electron chi connectivity index (χ0n) is 12.3. The molecule has 7 nitrogen and oxygen atoms in total. The number of carbonyl (C=O) groups excluding carboxylic acids is 1. The second kappa shape index (κ2) is 7.55. The van der Waals surface area contributed by atoms with Crippen molar-refractivity contribution in [3.63, 3.8) is 0 Å². The highest BCUT2D eigenvalue weighted by molar-refractivity contribution is 5.81. The van der Waals surface area contributed by atoms with Crippen LogP contribution in [-0.4, -0.2) is 47.7 Å². The Balaban J connectivity index is 1.72. The van der Waals surface area contributed by atoms with E-state index in [1.807, 2.05) is 0 Å². The summed E-state index contributed by atoms with van der Waals surface area (Å²) in [6.45, 7) is 0.782. The summed E-state index contributed by atoms with van der Waals surface area (Å²) >= 11 is 0. The highest BCUT2D eigenvalue weighted by Gasteiger charge is 2.33. The van der Waals surface area contributed by atoms with Crippen LogP contribution in [0.1, 0.15) is 18.5 Å². The second-order valence-electron chi connectivity index (χ2n) is 5.04. The van der Waals surface area contributed by atoms with Gasteiger partial charge in [-0.3, -0.25) is 4.79 Å². The van der Waals surface area contributed by atoms with Crippen molar-refractivity contribution < 1.29 is 22.7 Å². The van der Waals surface area contributed by atoms with Crippen molar-refractivity contribution in [1.29, 1.82) is 0 Å². The third-order valence-corrected chi connectivity index (χ3v) is 3.32. The monoisotopic (exact) mass is 333 g/mol. The van der Waals surface area contributed by atoms with Crippen LogP contribution in [0.3, 0.4) is 0 Å². The van der Waals surface area contributed by atoms with Crippen LogP contribution >= 0.6 is 0 Å². The lowest BCUT2D eigenvalue weighted by Gasteiger charge is -2.13. The number of hydrogen-bond acceptors (Lipinski definition) is 6. The predicted octanol–water partition coefficient (Wildman–Crippen LogP) is 0.530. The highest BCUT2D eigenvalue weighted by Crippen LogP contribution is 2.27. The van der Waals surface area contributed by atoms with E-state index in [2.05, 4.69) is 20.6 Å². The zero-order chi connectivity index (χ0) is 16.9. The van der Waals surface area contributed by atoms with Gasteiger partial charge in [-0.05, 0) is 18.9 Å². The summed E-state index contributed by atoms with van der Waals surface area (Å²) in [7, 11) is 0. The molecule has 1 fully saturated rings. The van der Waals surface area contributed by atoms with Gasteiger partial charge in [0.2, 0.25) is 11.9 Å². The molecule has 4 N–H and O–H groups in total. The zero-order valence-corrected chi connectivity index (χ0v) is 12.3. The fourth-order valence-electron chi connectivity index (χ4n) is 2.15. The third kappa shape index (κ3) is 5.03. The second-order valence-corrected chi connectivity index (χ2v) is 5.04. The minimum Gasteiger partial charge on any atom is -0.364 e. The lowest BCUT2D eigenvalue weighted by Crippen LogP contribution is -2.37. The van der Waals surface area contributed by atoms with Gasteiger partial charge in [-0.15, -0.1) is 0 Å². The van der Waals surface area contributed by atoms with E-state index in [9.17, 15) is 18.0 Å². The summed E-state index contributed by atoms with van der Waals surface area (Å²) in [5, 5.41) is 5.26. The van der Waals surface area contributed by atoms with Gasteiger partial charge in [0, 0.05) is 25.8 Å². The molecule has 1 aromatic heterocycles. The number of alkyl halides is 3. The maximum absolute atomic E-state index is 12.5. The first-order valence-electron chi connectivity index (χ1n) is 7.17. The number of rotatable bonds is 6. The van der Waals surface area contributed by atoms with E-state index >= 15 is 0 Å². The number of nitrogens with zero attached hydrogens (tertiary/aromatic N) is 2. The number of halogens is 3. The van der Waals surface area contributed by atoms with E-state index < -0.39 is 18.0 Å². The molecule has 2 heterocycles. The van der Waals surface area contributed by atoms with Crippen LogP contribution in [0, 0.1) is 0 Å². The van der Waals surface area contributed by atoms with Crippen molar-refractivity contribution in [2.45, 2.75) is 31.2 Å². The number of nitrogens with two attached hydrogens (primary N) is 1. The van der Waals surface area contributed by atoms with Gasteiger partial charge in [0.1, 0.15) is 11.8 Å². The van der Waals surface area contributed by atoms with Gasteiger partial charge in [-0.2, -0.15) is 13.2 Å². The normalized spacial score (nSPS) is 21.2.